The standard InChI is InChI=1S/C26H24O5/c1-29-25(26(27)28)15-20-9-12-24-21(13-20)16-23(31-24)14-18-7-10-22(11-8-18)30-17-19-5-3-2-4-6-19/h2-13,16,25H,14-15,17H2,1H3,(H,27,28). The Morgan fingerprint density at radius 3 is 2.39 bits per heavy atom. The van der Waals surface area contributed by atoms with E-state index in [0.717, 1.165) is 39.2 Å². The smallest absolute Gasteiger partial charge is 0.333 e. The van der Waals surface area contributed by atoms with Crippen molar-refractivity contribution in [3.63, 3.8) is 0 Å². The molecule has 1 aromatic heterocycles. The van der Waals surface area contributed by atoms with E-state index in [9.17, 15) is 9.90 Å². The largest absolute Gasteiger partial charge is 0.489 e. The number of rotatable bonds is 9. The Balaban J connectivity index is 1.40. The lowest BCUT2D eigenvalue weighted by molar-refractivity contribution is -0.148. The van der Waals surface area contributed by atoms with Crippen molar-refractivity contribution in [3.05, 3.63) is 101 Å². The maximum atomic E-state index is 11.2. The lowest BCUT2D eigenvalue weighted by Crippen LogP contribution is -2.24. The minimum atomic E-state index is -0.966. The van der Waals surface area contributed by atoms with Crippen LogP contribution < -0.4 is 4.74 Å². The molecule has 0 saturated carbocycles. The van der Waals surface area contributed by atoms with Crippen LogP contribution in [0.2, 0.25) is 0 Å². The molecule has 158 valence electrons. The van der Waals surface area contributed by atoms with Crippen molar-refractivity contribution < 1.29 is 23.8 Å². The highest BCUT2D eigenvalue weighted by Gasteiger charge is 2.17. The number of furan rings is 1. The van der Waals surface area contributed by atoms with Crippen molar-refractivity contribution in [3.8, 4) is 5.75 Å². The zero-order valence-electron chi connectivity index (χ0n) is 17.3. The number of benzene rings is 3. The summed E-state index contributed by atoms with van der Waals surface area (Å²) in [5, 5.41) is 10.1. The first-order chi connectivity index (χ1) is 15.1. The van der Waals surface area contributed by atoms with Gasteiger partial charge in [0.1, 0.15) is 23.7 Å². The van der Waals surface area contributed by atoms with Gasteiger partial charge in [0.2, 0.25) is 0 Å². The number of carbonyl (C=O) groups is 1. The molecule has 0 fully saturated rings. The molecule has 3 aromatic carbocycles. The molecular formula is C26H24O5. The Kier molecular flexibility index (Phi) is 6.34. The zero-order valence-corrected chi connectivity index (χ0v) is 17.3. The molecule has 1 heterocycles. The zero-order chi connectivity index (χ0) is 21.6. The molecule has 4 aromatic rings. The van der Waals surface area contributed by atoms with Crippen molar-refractivity contribution >= 4 is 16.9 Å². The molecule has 0 aliphatic heterocycles. The molecule has 0 bridgehead atoms. The first kappa shape index (κ1) is 20.7. The van der Waals surface area contributed by atoms with Gasteiger partial charge >= 0.3 is 5.97 Å². The fourth-order valence-electron chi connectivity index (χ4n) is 3.49. The van der Waals surface area contributed by atoms with Gasteiger partial charge in [0.15, 0.2) is 6.10 Å². The topological polar surface area (TPSA) is 68.9 Å². The number of methoxy groups -OCH3 is 1. The predicted molar refractivity (Wildman–Crippen MR) is 118 cm³/mol. The molecule has 31 heavy (non-hydrogen) atoms. The van der Waals surface area contributed by atoms with E-state index in [2.05, 4.69) is 0 Å². The maximum Gasteiger partial charge on any atom is 0.333 e. The molecule has 1 N–H and O–H groups in total. The van der Waals surface area contributed by atoms with Gasteiger partial charge in [-0.25, -0.2) is 4.79 Å². The molecule has 0 amide bonds. The Bertz CT molecular complexity index is 1150. The second kappa shape index (κ2) is 9.49. The van der Waals surface area contributed by atoms with Gasteiger partial charge in [0.25, 0.3) is 0 Å². The Morgan fingerprint density at radius 1 is 0.935 bits per heavy atom. The van der Waals surface area contributed by atoms with Crippen molar-refractivity contribution in [2.75, 3.05) is 7.11 Å². The summed E-state index contributed by atoms with van der Waals surface area (Å²) in [7, 11) is 1.41. The van der Waals surface area contributed by atoms with Crippen molar-refractivity contribution in [1.29, 1.82) is 0 Å². The van der Waals surface area contributed by atoms with Crippen molar-refractivity contribution in [1.82, 2.24) is 0 Å². The van der Waals surface area contributed by atoms with E-state index >= 15 is 0 Å². The van der Waals surface area contributed by atoms with Crippen LogP contribution in [0.1, 0.15) is 22.5 Å². The lowest BCUT2D eigenvalue weighted by atomic mass is 10.1. The SMILES string of the molecule is COC(Cc1ccc2oc(Cc3ccc(OCc4ccccc4)cc3)cc2c1)C(=O)O. The number of fused-ring (bicyclic) bond motifs is 1. The fraction of sp³-hybridized carbons (Fsp3) is 0.192. The number of carboxylic acid groups (broad SMARTS) is 1. The summed E-state index contributed by atoms with van der Waals surface area (Å²) >= 11 is 0. The molecule has 5 nitrogen and oxygen atoms in total. The van der Waals surface area contributed by atoms with E-state index in [1.807, 2.05) is 78.9 Å². The number of aliphatic carboxylic acids is 1. The average Bonchev–Trinajstić information content (AvgIpc) is 3.19. The van der Waals surface area contributed by atoms with Gasteiger partial charge in [-0.05, 0) is 47.0 Å². The van der Waals surface area contributed by atoms with Gasteiger partial charge in [-0.2, -0.15) is 0 Å². The van der Waals surface area contributed by atoms with E-state index in [-0.39, 0.29) is 0 Å². The second-order valence-electron chi connectivity index (χ2n) is 7.45. The van der Waals surface area contributed by atoms with Crippen LogP contribution >= 0.6 is 0 Å². The van der Waals surface area contributed by atoms with Crippen LogP contribution in [0.3, 0.4) is 0 Å². The first-order valence-corrected chi connectivity index (χ1v) is 10.1. The molecule has 1 unspecified atom stereocenters. The molecule has 0 saturated heterocycles. The van der Waals surface area contributed by atoms with Gasteiger partial charge < -0.3 is 19.0 Å². The first-order valence-electron chi connectivity index (χ1n) is 10.1. The quantitative estimate of drug-likeness (QED) is 0.404. The summed E-state index contributed by atoms with van der Waals surface area (Å²) in [5.74, 6) is 0.714. The van der Waals surface area contributed by atoms with Crippen LogP contribution in [0.25, 0.3) is 11.0 Å². The summed E-state index contributed by atoms with van der Waals surface area (Å²) in [6, 6.07) is 25.8. The minimum absolute atomic E-state index is 0.312. The maximum absolute atomic E-state index is 11.2. The summed E-state index contributed by atoms with van der Waals surface area (Å²) in [6.07, 6.45) is 0.123. The van der Waals surface area contributed by atoms with Gasteiger partial charge in [0, 0.05) is 25.3 Å². The van der Waals surface area contributed by atoms with Crippen LogP contribution in [0.4, 0.5) is 0 Å². The third-order valence-electron chi connectivity index (χ3n) is 5.16. The minimum Gasteiger partial charge on any atom is -0.489 e. The van der Waals surface area contributed by atoms with Crippen LogP contribution in [0, 0.1) is 0 Å². The van der Waals surface area contributed by atoms with Crippen molar-refractivity contribution in [2.45, 2.75) is 25.6 Å². The average molecular weight is 416 g/mol. The molecule has 5 heteroatoms. The monoisotopic (exact) mass is 416 g/mol. The van der Waals surface area contributed by atoms with Crippen LogP contribution in [-0.2, 0) is 29.0 Å². The summed E-state index contributed by atoms with van der Waals surface area (Å²) in [6.45, 7) is 0.540. The third kappa shape index (κ3) is 5.32. The van der Waals surface area contributed by atoms with Crippen molar-refractivity contribution in [2.24, 2.45) is 0 Å². The highest BCUT2D eigenvalue weighted by Crippen LogP contribution is 2.24. The van der Waals surface area contributed by atoms with Crippen LogP contribution in [-0.4, -0.2) is 24.3 Å². The molecule has 0 spiro atoms. The van der Waals surface area contributed by atoms with Gasteiger partial charge in [-0.15, -0.1) is 0 Å². The number of ether oxygens (including phenoxy) is 2. The molecule has 4 rings (SSSR count). The normalized spacial score (nSPS) is 12.0. The third-order valence-corrected chi connectivity index (χ3v) is 5.16. The van der Waals surface area contributed by atoms with E-state index in [4.69, 9.17) is 13.9 Å². The summed E-state index contributed by atoms with van der Waals surface area (Å²) < 4.78 is 16.8. The molecular weight excluding hydrogens is 392 g/mol. The number of hydrogen-bond acceptors (Lipinski definition) is 4. The Labute approximate surface area is 180 Å². The van der Waals surface area contributed by atoms with Gasteiger partial charge in [0.05, 0.1) is 0 Å². The fourth-order valence-corrected chi connectivity index (χ4v) is 3.49. The van der Waals surface area contributed by atoms with E-state index < -0.39 is 12.1 Å². The second-order valence-corrected chi connectivity index (χ2v) is 7.45. The number of hydrogen-bond donors (Lipinski definition) is 1. The van der Waals surface area contributed by atoms with E-state index in [1.165, 1.54) is 7.11 Å². The molecule has 1 atom stereocenters. The van der Waals surface area contributed by atoms with Crippen LogP contribution in [0.5, 0.6) is 5.75 Å². The Morgan fingerprint density at radius 2 is 1.68 bits per heavy atom. The molecule has 0 radical (unpaired) electrons. The Hall–Kier alpha value is -3.57. The van der Waals surface area contributed by atoms with Crippen LogP contribution in [0.15, 0.2) is 83.3 Å². The summed E-state index contributed by atoms with van der Waals surface area (Å²) in [5.41, 5.74) is 3.94. The lowest BCUT2D eigenvalue weighted by Gasteiger charge is -2.09. The summed E-state index contributed by atoms with van der Waals surface area (Å²) in [4.78, 5) is 11.2. The number of carboxylic acids is 1. The van der Waals surface area contributed by atoms with E-state index in [0.29, 0.717) is 19.4 Å². The van der Waals surface area contributed by atoms with Gasteiger partial charge in [-0.1, -0.05) is 48.5 Å². The molecule has 0 aliphatic rings. The van der Waals surface area contributed by atoms with Gasteiger partial charge in [-0.3, -0.25) is 0 Å². The predicted octanol–water partition coefficient (Wildman–Crippen LogP) is 5.24. The molecule has 0 aliphatic carbocycles. The highest BCUT2D eigenvalue weighted by atomic mass is 16.5. The highest BCUT2D eigenvalue weighted by molar-refractivity contribution is 5.79. The van der Waals surface area contributed by atoms with E-state index in [1.54, 1.807) is 0 Å².